The van der Waals surface area contributed by atoms with E-state index >= 15 is 0 Å². The molecule has 0 atom stereocenters. The molecule has 1 N–H and O–H groups in total. The molecule has 1 aromatic carbocycles. The SMILES string of the molecule is CS(=O)(=O)c1cccc(NC(=O)c2c(C#N)cnn2CC2CCCCC2)c1. The maximum absolute atomic E-state index is 12.8. The number of nitriles is 1. The van der Waals surface area contributed by atoms with Crippen molar-refractivity contribution in [1.29, 1.82) is 5.26 Å². The van der Waals surface area contributed by atoms with Gasteiger partial charge in [-0.05, 0) is 37.0 Å². The monoisotopic (exact) mass is 386 g/mol. The van der Waals surface area contributed by atoms with Crippen molar-refractivity contribution in [3.05, 3.63) is 41.7 Å². The first-order valence-electron chi connectivity index (χ1n) is 8.96. The van der Waals surface area contributed by atoms with Gasteiger partial charge in [-0.1, -0.05) is 25.3 Å². The Hall–Kier alpha value is -2.66. The predicted octanol–water partition coefficient (Wildman–Crippen LogP) is 2.99. The van der Waals surface area contributed by atoms with Crippen molar-refractivity contribution in [3.8, 4) is 6.07 Å². The highest BCUT2D eigenvalue weighted by atomic mass is 32.2. The molecular formula is C19H22N4O3S. The van der Waals surface area contributed by atoms with Crippen molar-refractivity contribution in [2.75, 3.05) is 11.6 Å². The van der Waals surface area contributed by atoms with Gasteiger partial charge in [0.05, 0.1) is 11.1 Å². The molecule has 0 spiro atoms. The van der Waals surface area contributed by atoms with Crippen molar-refractivity contribution in [1.82, 2.24) is 9.78 Å². The van der Waals surface area contributed by atoms with Gasteiger partial charge >= 0.3 is 0 Å². The van der Waals surface area contributed by atoms with E-state index in [1.807, 2.05) is 6.07 Å². The third-order valence-corrected chi connectivity index (χ3v) is 5.96. The van der Waals surface area contributed by atoms with Gasteiger partial charge in [-0.25, -0.2) is 8.42 Å². The summed E-state index contributed by atoms with van der Waals surface area (Å²) in [4.78, 5) is 12.9. The maximum atomic E-state index is 12.8. The minimum absolute atomic E-state index is 0.122. The summed E-state index contributed by atoms with van der Waals surface area (Å²) in [5, 5.41) is 16.3. The molecule has 1 aliphatic rings. The zero-order valence-electron chi connectivity index (χ0n) is 15.2. The van der Waals surface area contributed by atoms with Crippen LogP contribution in [0.1, 0.15) is 48.2 Å². The van der Waals surface area contributed by atoms with E-state index in [0.29, 0.717) is 18.2 Å². The molecule has 0 saturated heterocycles. The van der Waals surface area contributed by atoms with Crippen LogP contribution < -0.4 is 5.32 Å². The number of sulfone groups is 1. The number of carbonyl (C=O) groups excluding carboxylic acids is 1. The van der Waals surface area contributed by atoms with Gasteiger partial charge in [0.25, 0.3) is 5.91 Å². The average molecular weight is 386 g/mol. The fraction of sp³-hybridized carbons (Fsp3) is 0.421. The highest BCUT2D eigenvalue weighted by Gasteiger charge is 2.22. The van der Waals surface area contributed by atoms with Crippen molar-refractivity contribution < 1.29 is 13.2 Å². The van der Waals surface area contributed by atoms with Crippen LogP contribution in [-0.4, -0.2) is 30.4 Å². The van der Waals surface area contributed by atoms with E-state index in [9.17, 15) is 18.5 Å². The van der Waals surface area contributed by atoms with Gasteiger partial charge in [0.15, 0.2) is 9.84 Å². The predicted molar refractivity (Wildman–Crippen MR) is 101 cm³/mol. The Kier molecular flexibility index (Phi) is 5.61. The molecule has 3 rings (SSSR count). The lowest BCUT2D eigenvalue weighted by molar-refractivity contribution is 0.101. The number of carbonyl (C=O) groups is 1. The summed E-state index contributed by atoms with van der Waals surface area (Å²) >= 11 is 0. The lowest BCUT2D eigenvalue weighted by Crippen LogP contribution is -2.23. The summed E-state index contributed by atoms with van der Waals surface area (Å²) in [5.74, 6) is -0.0178. The van der Waals surface area contributed by atoms with Crippen LogP contribution in [0.2, 0.25) is 0 Å². The summed E-state index contributed by atoms with van der Waals surface area (Å²) in [7, 11) is -3.38. The molecule has 142 valence electrons. The van der Waals surface area contributed by atoms with Crippen LogP contribution in [0.4, 0.5) is 5.69 Å². The number of nitrogens with one attached hydrogen (secondary N) is 1. The Bertz CT molecular complexity index is 983. The molecule has 1 fully saturated rings. The zero-order chi connectivity index (χ0) is 19.4. The number of hydrogen-bond donors (Lipinski definition) is 1. The van der Waals surface area contributed by atoms with E-state index in [-0.39, 0.29) is 16.2 Å². The van der Waals surface area contributed by atoms with E-state index in [1.165, 1.54) is 37.6 Å². The standard InChI is InChI=1S/C19H22N4O3S/c1-27(25,26)17-9-5-8-16(10-17)22-19(24)18-15(11-20)12-21-23(18)13-14-6-3-2-4-7-14/h5,8-10,12,14H,2-4,6-7,13H2,1H3,(H,22,24). The number of amides is 1. The van der Waals surface area contributed by atoms with Gasteiger partial charge in [-0.15, -0.1) is 0 Å². The van der Waals surface area contributed by atoms with E-state index in [1.54, 1.807) is 16.8 Å². The Morgan fingerprint density at radius 2 is 2.07 bits per heavy atom. The number of aromatic nitrogens is 2. The number of anilines is 1. The van der Waals surface area contributed by atoms with Crippen molar-refractivity contribution in [3.63, 3.8) is 0 Å². The van der Waals surface area contributed by atoms with Gasteiger partial charge in [-0.3, -0.25) is 9.48 Å². The largest absolute Gasteiger partial charge is 0.321 e. The molecule has 1 aromatic heterocycles. The maximum Gasteiger partial charge on any atom is 0.275 e. The van der Waals surface area contributed by atoms with Gasteiger partial charge in [0.2, 0.25) is 0 Å². The lowest BCUT2D eigenvalue weighted by Gasteiger charge is -2.22. The molecule has 0 bridgehead atoms. The van der Waals surface area contributed by atoms with Crippen LogP contribution >= 0.6 is 0 Å². The van der Waals surface area contributed by atoms with Crippen molar-refractivity contribution >= 4 is 21.4 Å². The van der Waals surface area contributed by atoms with Crippen LogP contribution in [0, 0.1) is 17.2 Å². The third-order valence-electron chi connectivity index (χ3n) is 4.85. The van der Waals surface area contributed by atoms with E-state index in [0.717, 1.165) is 19.1 Å². The Morgan fingerprint density at radius 3 is 2.74 bits per heavy atom. The Labute approximate surface area is 158 Å². The molecule has 1 amide bonds. The lowest BCUT2D eigenvalue weighted by atomic mass is 9.89. The molecule has 7 nitrogen and oxygen atoms in total. The van der Waals surface area contributed by atoms with Crippen LogP contribution in [0.3, 0.4) is 0 Å². The molecule has 1 heterocycles. The second kappa shape index (κ2) is 7.92. The van der Waals surface area contributed by atoms with Crippen LogP contribution in [-0.2, 0) is 16.4 Å². The fourth-order valence-electron chi connectivity index (χ4n) is 3.45. The topological polar surface area (TPSA) is 105 Å². The first-order valence-corrected chi connectivity index (χ1v) is 10.8. The van der Waals surface area contributed by atoms with Crippen molar-refractivity contribution in [2.24, 2.45) is 5.92 Å². The van der Waals surface area contributed by atoms with Gasteiger partial charge in [-0.2, -0.15) is 10.4 Å². The summed E-state index contributed by atoms with van der Waals surface area (Å²) < 4.78 is 25.0. The zero-order valence-corrected chi connectivity index (χ0v) is 16.0. The molecule has 27 heavy (non-hydrogen) atoms. The number of hydrogen-bond acceptors (Lipinski definition) is 5. The average Bonchev–Trinajstić information content (AvgIpc) is 3.05. The summed E-state index contributed by atoms with van der Waals surface area (Å²) in [6, 6.07) is 8.07. The first kappa shape index (κ1) is 19.1. The highest BCUT2D eigenvalue weighted by molar-refractivity contribution is 7.90. The van der Waals surface area contributed by atoms with Gasteiger partial charge < -0.3 is 5.32 Å². The fourth-order valence-corrected chi connectivity index (χ4v) is 4.12. The number of rotatable bonds is 5. The minimum atomic E-state index is -3.38. The highest BCUT2D eigenvalue weighted by Crippen LogP contribution is 2.26. The molecule has 0 radical (unpaired) electrons. The summed E-state index contributed by atoms with van der Waals surface area (Å²) in [5.41, 5.74) is 0.785. The molecule has 0 aliphatic heterocycles. The molecule has 8 heteroatoms. The van der Waals surface area contributed by atoms with Crippen molar-refractivity contribution in [2.45, 2.75) is 43.5 Å². The Morgan fingerprint density at radius 1 is 1.33 bits per heavy atom. The molecule has 0 unspecified atom stereocenters. The molecule has 2 aromatic rings. The van der Waals surface area contributed by atoms with E-state index < -0.39 is 15.7 Å². The minimum Gasteiger partial charge on any atom is -0.321 e. The second-order valence-electron chi connectivity index (χ2n) is 6.96. The van der Waals surface area contributed by atoms with Gasteiger partial charge in [0.1, 0.15) is 17.3 Å². The Balaban J connectivity index is 1.84. The van der Waals surface area contributed by atoms with Crippen LogP contribution in [0.15, 0.2) is 35.4 Å². The van der Waals surface area contributed by atoms with Gasteiger partial charge in [0, 0.05) is 18.5 Å². The quantitative estimate of drug-likeness (QED) is 0.850. The smallest absolute Gasteiger partial charge is 0.275 e. The normalized spacial score (nSPS) is 15.3. The van der Waals surface area contributed by atoms with E-state index in [4.69, 9.17) is 0 Å². The third kappa shape index (κ3) is 4.55. The number of nitrogens with zero attached hydrogens (tertiary/aromatic N) is 3. The first-order chi connectivity index (χ1) is 12.9. The number of benzene rings is 1. The second-order valence-corrected chi connectivity index (χ2v) is 8.97. The molecule has 1 aliphatic carbocycles. The summed E-state index contributed by atoms with van der Waals surface area (Å²) in [6.45, 7) is 0.605. The van der Waals surface area contributed by atoms with Crippen LogP contribution in [0.25, 0.3) is 0 Å². The molecule has 1 saturated carbocycles. The van der Waals surface area contributed by atoms with E-state index in [2.05, 4.69) is 10.4 Å². The summed E-state index contributed by atoms with van der Waals surface area (Å²) in [6.07, 6.45) is 8.31. The molecular weight excluding hydrogens is 364 g/mol. The van der Waals surface area contributed by atoms with Crippen LogP contribution in [0.5, 0.6) is 0 Å².